The van der Waals surface area contributed by atoms with E-state index in [2.05, 4.69) is 15.3 Å². The van der Waals surface area contributed by atoms with E-state index in [1.54, 1.807) is 12.4 Å². The predicted octanol–water partition coefficient (Wildman–Crippen LogP) is 1.98. The van der Waals surface area contributed by atoms with E-state index in [9.17, 15) is 4.79 Å². The summed E-state index contributed by atoms with van der Waals surface area (Å²) in [5.41, 5.74) is 0.635. The van der Waals surface area contributed by atoms with Crippen molar-refractivity contribution in [3.05, 3.63) is 18.0 Å². The van der Waals surface area contributed by atoms with Gasteiger partial charge >= 0.3 is 5.97 Å². The van der Waals surface area contributed by atoms with Crippen LogP contribution in [0.25, 0.3) is 0 Å². The van der Waals surface area contributed by atoms with Crippen molar-refractivity contribution in [2.75, 3.05) is 5.32 Å². The quantitative estimate of drug-likeness (QED) is 0.834. The molecule has 0 atom stereocenters. The van der Waals surface area contributed by atoms with Gasteiger partial charge in [-0.15, -0.1) is 0 Å². The zero-order valence-corrected chi connectivity index (χ0v) is 9.94. The molecule has 17 heavy (non-hydrogen) atoms. The zero-order chi connectivity index (χ0) is 12.3. The molecule has 1 heterocycles. The first-order valence-corrected chi connectivity index (χ1v) is 5.88. The molecule has 2 rings (SSSR count). The topological polar surface area (TPSA) is 75.1 Å². The SMILES string of the molecule is Cc1cnc(NC2(CC(=O)O)CCCC2)nc1. The summed E-state index contributed by atoms with van der Waals surface area (Å²) in [6, 6.07) is 0. The lowest BCUT2D eigenvalue weighted by atomic mass is 9.93. The third-order valence-electron chi connectivity index (χ3n) is 3.21. The molecular formula is C12H17N3O2. The predicted molar refractivity (Wildman–Crippen MR) is 63.8 cm³/mol. The molecule has 1 fully saturated rings. The number of rotatable bonds is 4. The molecule has 0 unspecified atom stereocenters. The minimum atomic E-state index is -0.772. The lowest BCUT2D eigenvalue weighted by Gasteiger charge is -2.28. The first kappa shape index (κ1) is 11.8. The van der Waals surface area contributed by atoms with Crippen molar-refractivity contribution in [3.8, 4) is 0 Å². The number of aromatic nitrogens is 2. The van der Waals surface area contributed by atoms with Gasteiger partial charge in [-0.25, -0.2) is 9.97 Å². The number of aryl methyl sites for hydroxylation is 1. The Morgan fingerprint density at radius 2 is 2.00 bits per heavy atom. The standard InChI is InChI=1S/C12H17N3O2/c1-9-7-13-11(14-8-9)15-12(6-10(16)17)4-2-3-5-12/h7-8H,2-6H2,1H3,(H,16,17)(H,13,14,15). The Bertz CT molecular complexity index is 397. The Hall–Kier alpha value is -1.65. The van der Waals surface area contributed by atoms with Crippen LogP contribution in [0, 0.1) is 6.92 Å². The van der Waals surface area contributed by atoms with E-state index in [1.165, 1.54) is 0 Å². The van der Waals surface area contributed by atoms with Gasteiger partial charge in [0.2, 0.25) is 5.95 Å². The van der Waals surface area contributed by atoms with Gasteiger partial charge in [-0.2, -0.15) is 0 Å². The summed E-state index contributed by atoms with van der Waals surface area (Å²) in [5.74, 6) is -0.245. The van der Waals surface area contributed by atoms with Gasteiger partial charge in [0.05, 0.1) is 12.0 Å². The fraction of sp³-hybridized carbons (Fsp3) is 0.583. The number of aliphatic carboxylic acids is 1. The molecular weight excluding hydrogens is 218 g/mol. The van der Waals surface area contributed by atoms with Gasteiger partial charge in [-0.05, 0) is 25.3 Å². The third kappa shape index (κ3) is 2.93. The van der Waals surface area contributed by atoms with Crippen LogP contribution >= 0.6 is 0 Å². The Morgan fingerprint density at radius 1 is 1.41 bits per heavy atom. The van der Waals surface area contributed by atoms with Crippen LogP contribution in [-0.2, 0) is 4.79 Å². The smallest absolute Gasteiger partial charge is 0.305 e. The summed E-state index contributed by atoms with van der Waals surface area (Å²) in [6.07, 6.45) is 7.47. The normalized spacial score (nSPS) is 17.9. The molecule has 1 aromatic heterocycles. The van der Waals surface area contributed by atoms with Gasteiger partial charge in [0.15, 0.2) is 0 Å². The lowest BCUT2D eigenvalue weighted by molar-refractivity contribution is -0.138. The summed E-state index contributed by atoms with van der Waals surface area (Å²) in [6.45, 7) is 1.92. The average molecular weight is 235 g/mol. The highest BCUT2D eigenvalue weighted by Gasteiger charge is 2.36. The number of hydrogen-bond acceptors (Lipinski definition) is 4. The molecule has 0 bridgehead atoms. The number of carbonyl (C=O) groups is 1. The molecule has 1 aliphatic rings. The summed E-state index contributed by atoms with van der Waals surface area (Å²) < 4.78 is 0. The minimum Gasteiger partial charge on any atom is -0.481 e. The average Bonchev–Trinajstić information content (AvgIpc) is 2.69. The minimum absolute atomic E-state index is 0.129. The van der Waals surface area contributed by atoms with Gasteiger partial charge in [0, 0.05) is 12.4 Å². The molecule has 1 saturated carbocycles. The second kappa shape index (κ2) is 4.69. The van der Waals surface area contributed by atoms with Crippen LogP contribution < -0.4 is 5.32 Å². The molecule has 0 amide bonds. The van der Waals surface area contributed by atoms with Gasteiger partial charge in [0.1, 0.15) is 0 Å². The number of carboxylic acids is 1. The molecule has 1 aromatic rings. The first-order chi connectivity index (χ1) is 8.10. The van der Waals surface area contributed by atoms with Crippen LogP contribution in [-0.4, -0.2) is 26.6 Å². The van der Waals surface area contributed by atoms with Crippen LogP contribution in [0.2, 0.25) is 0 Å². The fourth-order valence-corrected chi connectivity index (χ4v) is 2.38. The molecule has 0 saturated heterocycles. The van der Waals surface area contributed by atoms with Gasteiger partial charge < -0.3 is 10.4 Å². The first-order valence-electron chi connectivity index (χ1n) is 5.88. The third-order valence-corrected chi connectivity index (χ3v) is 3.21. The molecule has 0 spiro atoms. The molecule has 1 aliphatic carbocycles. The number of hydrogen-bond donors (Lipinski definition) is 2. The molecule has 0 aromatic carbocycles. The highest BCUT2D eigenvalue weighted by molar-refractivity contribution is 5.69. The summed E-state index contributed by atoms with van der Waals surface area (Å²) in [5, 5.41) is 12.2. The highest BCUT2D eigenvalue weighted by atomic mass is 16.4. The van der Waals surface area contributed by atoms with Crippen molar-refractivity contribution in [1.82, 2.24) is 9.97 Å². The maximum absolute atomic E-state index is 10.9. The van der Waals surface area contributed by atoms with Crippen molar-refractivity contribution < 1.29 is 9.90 Å². The molecule has 2 N–H and O–H groups in total. The second-order valence-corrected chi connectivity index (χ2v) is 4.77. The number of nitrogens with zero attached hydrogens (tertiary/aromatic N) is 2. The van der Waals surface area contributed by atoms with E-state index < -0.39 is 5.97 Å². The van der Waals surface area contributed by atoms with E-state index in [4.69, 9.17) is 5.11 Å². The number of nitrogens with one attached hydrogen (secondary N) is 1. The maximum atomic E-state index is 10.9. The molecule has 0 aliphatic heterocycles. The molecule has 0 radical (unpaired) electrons. The Kier molecular flexibility index (Phi) is 3.26. The van der Waals surface area contributed by atoms with E-state index >= 15 is 0 Å². The largest absolute Gasteiger partial charge is 0.481 e. The monoisotopic (exact) mass is 235 g/mol. The Labute approximate surface area is 100 Å². The van der Waals surface area contributed by atoms with E-state index in [0.717, 1.165) is 31.2 Å². The van der Waals surface area contributed by atoms with Gasteiger partial charge in [-0.1, -0.05) is 12.8 Å². The van der Waals surface area contributed by atoms with Crippen LogP contribution in [0.5, 0.6) is 0 Å². The second-order valence-electron chi connectivity index (χ2n) is 4.77. The molecule has 5 heteroatoms. The van der Waals surface area contributed by atoms with Crippen molar-refractivity contribution in [2.45, 2.75) is 44.6 Å². The van der Waals surface area contributed by atoms with Crippen molar-refractivity contribution in [1.29, 1.82) is 0 Å². The Morgan fingerprint density at radius 3 is 2.53 bits per heavy atom. The summed E-state index contributed by atoms with van der Waals surface area (Å²) in [7, 11) is 0. The number of carboxylic acid groups (broad SMARTS) is 1. The van der Waals surface area contributed by atoms with Gasteiger partial charge in [-0.3, -0.25) is 4.79 Å². The van der Waals surface area contributed by atoms with E-state index in [1.807, 2.05) is 6.92 Å². The van der Waals surface area contributed by atoms with E-state index in [0.29, 0.717) is 5.95 Å². The van der Waals surface area contributed by atoms with Crippen molar-refractivity contribution >= 4 is 11.9 Å². The molecule has 92 valence electrons. The Balaban J connectivity index is 2.12. The van der Waals surface area contributed by atoms with Gasteiger partial charge in [0.25, 0.3) is 0 Å². The van der Waals surface area contributed by atoms with Crippen LogP contribution in [0.15, 0.2) is 12.4 Å². The zero-order valence-electron chi connectivity index (χ0n) is 9.94. The number of anilines is 1. The van der Waals surface area contributed by atoms with Crippen LogP contribution in [0.1, 0.15) is 37.7 Å². The van der Waals surface area contributed by atoms with Crippen molar-refractivity contribution in [3.63, 3.8) is 0 Å². The lowest BCUT2D eigenvalue weighted by Crippen LogP contribution is -2.38. The molecule has 5 nitrogen and oxygen atoms in total. The maximum Gasteiger partial charge on any atom is 0.305 e. The van der Waals surface area contributed by atoms with Crippen LogP contribution in [0.3, 0.4) is 0 Å². The van der Waals surface area contributed by atoms with E-state index in [-0.39, 0.29) is 12.0 Å². The van der Waals surface area contributed by atoms with Crippen molar-refractivity contribution in [2.24, 2.45) is 0 Å². The highest BCUT2D eigenvalue weighted by Crippen LogP contribution is 2.35. The fourth-order valence-electron chi connectivity index (χ4n) is 2.38. The summed E-state index contributed by atoms with van der Waals surface area (Å²) in [4.78, 5) is 19.3. The van der Waals surface area contributed by atoms with Crippen LogP contribution in [0.4, 0.5) is 5.95 Å². The summed E-state index contributed by atoms with van der Waals surface area (Å²) >= 11 is 0.